The number of pyridine rings is 1. The Morgan fingerprint density at radius 1 is 1.04 bits per heavy atom. The van der Waals surface area contributed by atoms with Crippen LogP contribution in [0.4, 0.5) is 0 Å². The number of ether oxygens (including phenoxy) is 1. The van der Waals surface area contributed by atoms with Crippen LogP contribution in [0.1, 0.15) is 49.8 Å². The van der Waals surface area contributed by atoms with Crippen molar-refractivity contribution in [1.82, 2.24) is 4.98 Å². The lowest BCUT2D eigenvalue weighted by Gasteiger charge is -2.13. The molecule has 2 aromatic carbocycles. The van der Waals surface area contributed by atoms with Gasteiger partial charge in [-0.25, -0.2) is 4.98 Å². The number of hydrogen-bond acceptors (Lipinski definition) is 3. The number of carbonyl (C=O) groups is 1. The predicted octanol–water partition coefficient (Wildman–Crippen LogP) is 5.56. The van der Waals surface area contributed by atoms with E-state index in [1.165, 1.54) is 0 Å². The molecule has 140 valence electrons. The minimum atomic E-state index is -0.764. The Bertz CT molecular complexity index is 890. The highest BCUT2D eigenvalue weighted by Gasteiger charge is 2.19. The quantitative estimate of drug-likeness (QED) is 0.505. The Balaban J connectivity index is 1.63. The Morgan fingerprint density at radius 2 is 1.81 bits per heavy atom. The average molecular weight is 363 g/mol. The second kappa shape index (κ2) is 9.17. The van der Waals surface area contributed by atoms with Crippen LogP contribution in [0, 0.1) is 0 Å². The summed E-state index contributed by atoms with van der Waals surface area (Å²) < 4.78 is 5.82. The fraction of sp³-hybridized carbons (Fsp3) is 0.304. The standard InChI is InChI=1S/C23H25NO3/c1-2-3-4-8-21(23(25)26)17-11-14-20(15-12-17)27-16-19-13-10-18-7-5-6-9-22(18)24-19/h5-7,9-15,21H,2-4,8,16H2,1H3,(H,25,26). The van der Waals surface area contributed by atoms with Crippen molar-refractivity contribution in [3.8, 4) is 5.75 Å². The van der Waals surface area contributed by atoms with Crippen LogP contribution >= 0.6 is 0 Å². The van der Waals surface area contributed by atoms with E-state index >= 15 is 0 Å². The Hall–Kier alpha value is -2.88. The molecule has 1 unspecified atom stereocenters. The Kier molecular flexibility index (Phi) is 6.42. The molecule has 0 bridgehead atoms. The first-order chi connectivity index (χ1) is 13.2. The summed E-state index contributed by atoms with van der Waals surface area (Å²) in [5.74, 6) is -0.501. The number of aliphatic carboxylic acids is 1. The molecule has 0 aliphatic heterocycles. The number of carboxylic acid groups (broad SMARTS) is 1. The predicted molar refractivity (Wildman–Crippen MR) is 107 cm³/mol. The SMILES string of the molecule is CCCCCC(C(=O)O)c1ccc(OCc2ccc3ccccc3n2)cc1. The molecule has 0 amide bonds. The van der Waals surface area contributed by atoms with E-state index in [0.29, 0.717) is 18.8 Å². The van der Waals surface area contributed by atoms with Crippen molar-refractivity contribution < 1.29 is 14.6 Å². The largest absolute Gasteiger partial charge is 0.487 e. The summed E-state index contributed by atoms with van der Waals surface area (Å²) in [6, 6.07) is 19.4. The lowest BCUT2D eigenvalue weighted by atomic mass is 9.93. The average Bonchev–Trinajstić information content (AvgIpc) is 2.70. The van der Waals surface area contributed by atoms with E-state index in [1.54, 1.807) is 0 Å². The molecule has 27 heavy (non-hydrogen) atoms. The van der Waals surface area contributed by atoms with Gasteiger partial charge in [-0.2, -0.15) is 0 Å². The van der Waals surface area contributed by atoms with E-state index in [4.69, 9.17) is 4.74 Å². The molecule has 0 saturated heterocycles. The molecule has 0 fully saturated rings. The highest BCUT2D eigenvalue weighted by Crippen LogP contribution is 2.25. The van der Waals surface area contributed by atoms with E-state index < -0.39 is 11.9 Å². The monoisotopic (exact) mass is 363 g/mol. The second-order valence-corrected chi connectivity index (χ2v) is 6.74. The van der Waals surface area contributed by atoms with Gasteiger partial charge in [-0.3, -0.25) is 4.79 Å². The van der Waals surface area contributed by atoms with Crippen LogP contribution in [0.25, 0.3) is 10.9 Å². The summed E-state index contributed by atoms with van der Waals surface area (Å²) in [5, 5.41) is 10.6. The molecule has 1 atom stereocenters. The Labute approximate surface area is 159 Å². The molecule has 3 rings (SSSR count). The van der Waals surface area contributed by atoms with Gasteiger partial charge in [-0.1, -0.05) is 62.6 Å². The van der Waals surface area contributed by atoms with Crippen molar-refractivity contribution in [2.45, 2.75) is 45.1 Å². The van der Waals surface area contributed by atoms with Crippen molar-refractivity contribution in [1.29, 1.82) is 0 Å². The molecule has 0 spiro atoms. The maximum atomic E-state index is 11.6. The van der Waals surface area contributed by atoms with E-state index in [-0.39, 0.29) is 0 Å². The number of fused-ring (bicyclic) bond motifs is 1. The lowest BCUT2D eigenvalue weighted by molar-refractivity contribution is -0.139. The number of aromatic nitrogens is 1. The molecule has 1 heterocycles. The van der Waals surface area contributed by atoms with Gasteiger partial charge in [-0.15, -0.1) is 0 Å². The van der Waals surface area contributed by atoms with Gasteiger partial charge in [-0.05, 0) is 36.2 Å². The minimum Gasteiger partial charge on any atom is -0.487 e. The van der Waals surface area contributed by atoms with Gasteiger partial charge in [0, 0.05) is 5.39 Å². The number of benzene rings is 2. The highest BCUT2D eigenvalue weighted by molar-refractivity contribution is 5.78. The van der Waals surface area contributed by atoms with E-state index in [9.17, 15) is 9.90 Å². The number of unbranched alkanes of at least 4 members (excludes halogenated alkanes) is 2. The summed E-state index contributed by atoms with van der Waals surface area (Å²) >= 11 is 0. The van der Waals surface area contributed by atoms with E-state index in [1.807, 2.05) is 60.7 Å². The fourth-order valence-corrected chi connectivity index (χ4v) is 3.17. The normalized spacial score (nSPS) is 12.0. The third-order valence-electron chi connectivity index (χ3n) is 4.72. The van der Waals surface area contributed by atoms with Crippen molar-refractivity contribution in [3.05, 3.63) is 71.9 Å². The third-order valence-corrected chi connectivity index (χ3v) is 4.72. The molecule has 1 aromatic heterocycles. The van der Waals surface area contributed by atoms with Crippen LogP contribution in [-0.2, 0) is 11.4 Å². The van der Waals surface area contributed by atoms with Gasteiger partial charge < -0.3 is 9.84 Å². The molecular weight excluding hydrogens is 338 g/mol. The number of para-hydroxylation sites is 1. The summed E-state index contributed by atoms with van der Waals surface area (Å²) in [4.78, 5) is 16.2. The van der Waals surface area contributed by atoms with Gasteiger partial charge in [0.15, 0.2) is 0 Å². The Morgan fingerprint density at radius 3 is 2.56 bits per heavy atom. The van der Waals surface area contributed by atoms with Gasteiger partial charge >= 0.3 is 5.97 Å². The molecule has 0 aliphatic carbocycles. The van der Waals surface area contributed by atoms with Crippen molar-refractivity contribution in [2.24, 2.45) is 0 Å². The third kappa shape index (κ3) is 5.07. The van der Waals surface area contributed by atoms with Gasteiger partial charge in [0.2, 0.25) is 0 Å². The van der Waals surface area contributed by atoms with Crippen LogP contribution in [0.2, 0.25) is 0 Å². The highest BCUT2D eigenvalue weighted by atomic mass is 16.5. The van der Waals surface area contributed by atoms with Crippen molar-refractivity contribution in [2.75, 3.05) is 0 Å². The van der Waals surface area contributed by atoms with Gasteiger partial charge in [0.25, 0.3) is 0 Å². The smallest absolute Gasteiger partial charge is 0.310 e. The van der Waals surface area contributed by atoms with Crippen molar-refractivity contribution in [3.63, 3.8) is 0 Å². The number of carboxylic acids is 1. The van der Waals surface area contributed by atoms with Crippen LogP contribution in [0.15, 0.2) is 60.7 Å². The number of hydrogen-bond donors (Lipinski definition) is 1. The van der Waals surface area contributed by atoms with Crippen LogP contribution in [0.5, 0.6) is 5.75 Å². The molecule has 0 radical (unpaired) electrons. The first-order valence-electron chi connectivity index (χ1n) is 9.47. The zero-order valence-corrected chi connectivity index (χ0v) is 15.6. The second-order valence-electron chi connectivity index (χ2n) is 6.74. The molecule has 4 nitrogen and oxygen atoms in total. The van der Waals surface area contributed by atoms with Crippen LogP contribution in [0.3, 0.4) is 0 Å². The van der Waals surface area contributed by atoms with E-state index in [2.05, 4.69) is 11.9 Å². The molecular formula is C23H25NO3. The summed E-state index contributed by atoms with van der Waals surface area (Å²) in [5.41, 5.74) is 2.64. The number of rotatable bonds is 9. The van der Waals surface area contributed by atoms with Gasteiger partial charge in [0.1, 0.15) is 12.4 Å². The van der Waals surface area contributed by atoms with Crippen LogP contribution in [-0.4, -0.2) is 16.1 Å². The fourth-order valence-electron chi connectivity index (χ4n) is 3.17. The number of nitrogens with zero attached hydrogens (tertiary/aromatic N) is 1. The molecule has 0 aliphatic rings. The zero-order chi connectivity index (χ0) is 19.1. The minimum absolute atomic E-state index is 0.378. The summed E-state index contributed by atoms with van der Waals surface area (Å²) in [6.07, 6.45) is 3.75. The summed E-state index contributed by atoms with van der Waals surface area (Å²) in [6.45, 7) is 2.50. The summed E-state index contributed by atoms with van der Waals surface area (Å²) in [7, 11) is 0. The van der Waals surface area contributed by atoms with Crippen LogP contribution < -0.4 is 4.74 Å². The first kappa shape index (κ1) is 18.9. The maximum Gasteiger partial charge on any atom is 0.310 e. The van der Waals surface area contributed by atoms with E-state index in [0.717, 1.165) is 41.4 Å². The zero-order valence-electron chi connectivity index (χ0n) is 15.6. The molecule has 3 aromatic rings. The lowest BCUT2D eigenvalue weighted by Crippen LogP contribution is -2.11. The molecule has 1 N–H and O–H groups in total. The van der Waals surface area contributed by atoms with Crippen molar-refractivity contribution >= 4 is 16.9 Å². The van der Waals surface area contributed by atoms with Gasteiger partial charge in [0.05, 0.1) is 17.1 Å². The molecule has 4 heteroatoms. The topological polar surface area (TPSA) is 59.4 Å². The first-order valence-corrected chi connectivity index (χ1v) is 9.47. The molecule has 0 saturated carbocycles. The maximum absolute atomic E-state index is 11.6.